The zero-order valence-corrected chi connectivity index (χ0v) is 16.3. The van der Waals surface area contributed by atoms with E-state index in [-0.39, 0.29) is 23.2 Å². The van der Waals surface area contributed by atoms with Crippen molar-refractivity contribution in [1.82, 2.24) is 19.7 Å². The summed E-state index contributed by atoms with van der Waals surface area (Å²) in [4.78, 5) is 18.0. The molecule has 27 heavy (non-hydrogen) atoms. The molecule has 5 rings (SSSR count). The fourth-order valence-corrected chi connectivity index (χ4v) is 4.46. The Morgan fingerprint density at radius 2 is 1.96 bits per heavy atom. The number of fused-ring (bicyclic) bond motifs is 2. The van der Waals surface area contributed by atoms with Gasteiger partial charge in [0.2, 0.25) is 0 Å². The van der Waals surface area contributed by atoms with Gasteiger partial charge in [0.1, 0.15) is 11.1 Å². The molecule has 0 radical (unpaired) electrons. The Bertz CT molecular complexity index is 937. The largest absolute Gasteiger partial charge is 0.444 e. The van der Waals surface area contributed by atoms with Crippen LogP contribution in [-0.2, 0) is 4.74 Å². The lowest BCUT2D eigenvalue weighted by Crippen LogP contribution is -2.36. The van der Waals surface area contributed by atoms with Crippen LogP contribution in [0.15, 0.2) is 6.20 Å². The van der Waals surface area contributed by atoms with Gasteiger partial charge in [-0.1, -0.05) is 11.6 Å². The number of aromatic nitrogens is 3. The molecule has 3 atom stereocenters. The number of likely N-dealkylation sites (tertiary alicyclic amines) is 1. The second-order valence-electron chi connectivity index (χ2n) is 8.93. The van der Waals surface area contributed by atoms with Gasteiger partial charge in [-0.05, 0) is 45.4 Å². The summed E-state index contributed by atoms with van der Waals surface area (Å²) in [6.45, 7) is 6.92. The van der Waals surface area contributed by atoms with Crippen LogP contribution in [0.1, 0.15) is 51.3 Å². The van der Waals surface area contributed by atoms with E-state index in [4.69, 9.17) is 21.4 Å². The first-order chi connectivity index (χ1) is 12.7. The number of amides is 1. The van der Waals surface area contributed by atoms with Gasteiger partial charge in [-0.3, -0.25) is 4.68 Å². The number of rotatable bonds is 2. The van der Waals surface area contributed by atoms with Gasteiger partial charge >= 0.3 is 6.09 Å². The van der Waals surface area contributed by atoms with E-state index in [1.165, 1.54) is 0 Å². The molecule has 1 amide bonds. The Labute approximate surface area is 161 Å². The van der Waals surface area contributed by atoms with Crippen molar-refractivity contribution >= 4 is 28.6 Å². The second-order valence-corrected chi connectivity index (χ2v) is 9.28. The molecule has 0 bridgehead atoms. The number of carbonyl (C=O) groups is 1. The Hall–Kier alpha value is -1.89. The Balaban J connectivity index is 1.40. The molecule has 3 heterocycles. The van der Waals surface area contributed by atoms with Crippen molar-refractivity contribution in [1.29, 1.82) is 0 Å². The Kier molecular flexibility index (Phi) is 3.55. The zero-order chi connectivity index (χ0) is 19.1. The molecule has 2 saturated carbocycles. The van der Waals surface area contributed by atoms with Gasteiger partial charge in [0.05, 0.1) is 11.7 Å². The maximum absolute atomic E-state index is 14.6. The highest BCUT2D eigenvalue weighted by Gasteiger charge is 2.59. The summed E-state index contributed by atoms with van der Waals surface area (Å²) in [6.07, 6.45) is 3.40. The lowest BCUT2D eigenvalue weighted by Gasteiger charge is -2.25. The van der Waals surface area contributed by atoms with Gasteiger partial charge < -0.3 is 9.64 Å². The number of pyridine rings is 1. The molecule has 1 unspecified atom stereocenters. The van der Waals surface area contributed by atoms with Crippen LogP contribution in [-0.4, -0.2) is 44.4 Å². The maximum Gasteiger partial charge on any atom is 0.410 e. The average molecular weight is 393 g/mol. The fourth-order valence-electron chi connectivity index (χ4n) is 4.32. The number of carbonyl (C=O) groups excluding carboxylic acids is 1. The summed E-state index contributed by atoms with van der Waals surface area (Å²) >= 11 is 5.91. The normalized spacial score (nSPS) is 27.1. The highest BCUT2D eigenvalue weighted by Crippen LogP contribution is 2.59. The summed E-state index contributed by atoms with van der Waals surface area (Å²) in [5.74, 6) is 0.457. The number of halogens is 2. The highest BCUT2D eigenvalue weighted by molar-refractivity contribution is 6.30. The summed E-state index contributed by atoms with van der Waals surface area (Å²) in [7, 11) is 0. The topological polar surface area (TPSA) is 60.2 Å². The van der Waals surface area contributed by atoms with E-state index in [9.17, 15) is 9.18 Å². The minimum atomic E-state index is -0.495. The minimum Gasteiger partial charge on any atom is -0.444 e. The van der Waals surface area contributed by atoms with Crippen molar-refractivity contribution in [3.8, 4) is 0 Å². The molecule has 1 aliphatic heterocycles. The summed E-state index contributed by atoms with van der Waals surface area (Å²) < 4.78 is 21.9. The average Bonchev–Trinajstić information content (AvgIpc) is 3.46. The molecule has 1 saturated heterocycles. The van der Waals surface area contributed by atoms with Crippen LogP contribution in [0.3, 0.4) is 0 Å². The van der Waals surface area contributed by atoms with Crippen molar-refractivity contribution in [2.75, 3.05) is 13.1 Å². The van der Waals surface area contributed by atoms with Crippen LogP contribution in [0.5, 0.6) is 0 Å². The molecule has 2 aromatic heterocycles. The minimum absolute atomic E-state index is 0.108. The van der Waals surface area contributed by atoms with Gasteiger partial charge in [0.25, 0.3) is 0 Å². The third-order valence-corrected chi connectivity index (χ3v) is 5.99. The molecule has 3 fully saturated rings. The van der Waals surface area contributed by atoms with E-state index < -0.39 is 11.4 Å². The van der Waals surface area contributed by atoms with Crippen LogP contribution in [0.2, 0.25) is 5.15 Å². The molecule has 144 valence electrons. The number of hydrogen-bond donors (Lipinski definition) is 0. The van der Waals surface area contributed by atoms with Gasteiger partial charge in [0, 0.05) is 30.6 Å². The van der Waals surface area contributed by atoms with Crippen molar-refractivity contribution in [3.63, 3.8) is 0 Å². The molecular weight excluding hydrogens is 371 g/mol. The number of piperidine rings is 1. The van der Waals surface area contributed by atoms with Crippen LogP contribution in [0.25, 0.3) is 10.9 Å². The zero-order valence-electron chi connectivity index (χ0n) is 15.6. The lowest BCUT2D eigenvalue weighted by molar-refractivity contribution is 0.0271. The van der Waals surface area contributed by atoms with E-state index >= 15 is 0 Å². The summed E-state index contributed by atoms with van der Waals surface area (Å²) in [6, 6.07) is 0.256. The Morgan fingerprint density at radius 3 is 2.56 bits per heavy atom. The predicted octanol–water partition coefficient (Wildman–Crippen LogP) is 4.14. The van der Waals surface area contributed by atoms with E-state index in [1.807, 2.05) is 20.8 Å². The monoisotopic (exact) mass is 392 g/mol. The molecular formula is C19H22ClFN4O2. The van der Waals surface area contributed by atoms with Gasteiger partial charge in [-0.2, -0.15) is 5.10 Å². The van der Waals surface area contributed by atoms with Crippen LogP contribution in [0.4, 0.5) is 9.18 Å². The standard InChI is InChI=1S/C19H22ClFN4O2/c1-19(2,3)27-18(26)24-7-11-12(8-24)13(11)15-10-6-22-17(20)14(21)16(10)25(23-15)9-4-5-9/h6,9,11-13H,4-5,7-8H2,1-3H3/t11-,12+,13?. The van der Waals surface area contributed by atoms with Crippen LogP contribution >= 0.6 is 11.6 Å². The summed E-state index contributed by atoms with van der Waals surface area (Å²) in [5.41, 5.74) is 0.880. The predicted molar refractivity (Wildman–Crippen MR) is 98.3 cm³/mol. The number of hydrogen-bond acceptors (Lipinski definition) is 4. The number of ether oxygens (including phenoxy) is 1. The molecule has 0 spiro atoms. The number of nitrogens with zero attached hydrogens (tertiary/aromatic N) is 4. The quantitative estimate of drug-likeness (QED) is 0.721. The van der Waals surface area contributed by atoms with Crippen molar-refractivity contribution in [3.05, 3.63) is 22.9 Å². The van der Waals surface area contributed by atoms with Crippen LogP contribution < -0.4 is 0 Å². The van der Waals surface area contributed by atoms with E-state index in [2.05, 4.69) is 4.98 Å². The van der Waals surface area contributed by atoms with Crippen molar-refractivity contribution in [2.24, 2.45) is 11.8 Å². The van der Waals surface area contributed by atoms with Gasteiger partial charge in [0.15, 0.2) is 11.0 Å². The molecule has 2 aliphatic carbocycles. The molecule has 2 aromatic rings. The molecule has 8 heteroatoms. The van der Waals surface area contributed by atoms with Gasteiger partial charge in [-0.25, -0.2) is 14.2 Å². The highest BCUT2D eigenvalue weighted by atomic mass is 35.5. The SMILES string of the molecule is CC(C)(C)OC(=O)N1C[C@@H]2C(c3nn(C4CC4)c4c(F)c(Cl)ncc34)[C@@H]2C1. The molecule has 0 aromatic carbocycles. The smallest absolute Gasteiger partial charge is 0.410 e. The molecule has 3 aliphatic rings. The van der Waals surface area contributed by atoms with Crippen molar-refractivity contribution < 1.29 is 13.9 Å². The van der Waals surface area contributed by atoms with E-state index in [1.54, 1.807) is 15.8 Å². The maximum atomic E-state index is 14.6. The van der Waals surface area contributed by atoms with Crippen LogP contribution in [0, 0.1) is 17.7 Å². The second kappa shape index (κ2) is 5.56. The summed E-state index contributed by atoms with van der Waals surface area (Å²) in [5, 5.41) is 5.42. The first kappa shape index (κ1) is 17.2. The van der Waals surface area contributed by atoms with Crippen molar-refractivity contribution in [2.45, 2.75) is 51.2 Å². The van der Waals surface area contributed by atoms with Gasteiger partial charge in [-0.15, -0.1) is 0 Å². The lowest BCUT2D eigenvalue weighted by atomic mass is 10.1. The third kappa shape index (κ3) is 2.78. The first-order valence-corrected chi connectivity index (χ1v) is 9.82. The first-order valence-electron chi connectivity index (χ1n) is 9.44. The molecule has 6 nitrogen and oxygen atoms in total. The Morgan fingerprint density at radius 1 is 1.30 bits per heavy atom. The van der Waals surface area contributed by atoms with E-state index in [0.717, 1.165) is 23.9 Å². The molecule has 0 N–H and O–H groups in total. The fraction of sp³-hybridized carbons (Fsp3) is 0.632. The van der Waals surface area contributed by atoms with E-state index in [0.29, 0.717) is 30.4 Å². The third-order valence-electron chi connectivity index (χ3n) is 5.73.